The minimum atomic E-state index is -3.61. The molecule has 1 aliphatic heterocycles. The van der Waals surface area contributed by atoms with Crippen LogP contribution in [0.1, 0.15) is 5.56 Å². The molecule has 0 aliphatic carbocycles. The summed E-state index contributed by atoms with van der Waals surface area (Å²) in [5.74, 6) is 0.853. The number of hydrogen-bond donors (Lipinski definition) is 0. The molecule has 8 heteroatoms. The number of methoxy groups -OCH3 is 2. The number of aromatic nitrogens is 1. The lowest BCUT2D eigenvalue weighted by atomic mass is 10.2. The first-order valence-corrected chi connectivity index (χ1v) is 9.82. The summed E-state index contributed by atoms with van der Waals surface area (Å²) in [6, 6.07) is 8.72. The van der Waals surface area contributed by atoms with Gasteiger partial charge in [0.1, 0.15) is 16.4 Å². The van der Waals surface area contributed by atoms with Gasteiger partial charge in [-0.3, -0.25) is 9.88 Å². The van der Waals surface area contributed by atoms with E-state index in [9.17, 15) is 8.42 Å². The second kappa shape index (κ2) is 8.03. The summed E-state index contributed by atoms with van der Waals surface area (Å²) in [4.78, 5) is 6.43. The number of piperazine rings is 1. The van der Waals surface area contributed by atoms with E-state index in [0.29, 0.717) is 37.7 Å². The van der Waals surface area contributed by atoms with Crippen LogP contribution in [-0.4, -0.2) is 63.0 Å². The quantitative estimate of drug-likeness (QED) is 0.762. The maximum atomic E-state index is 13.0. The molecule has 3 rings (SSSR count). The van der Waals surface area contributed by atoms with Gasteiger partial charge in [0.2, 0.25) is 10.0 Å². The molecule has 0 radical (unpaired) electrons. The highest BCUT2D eigenvalue weighted by Gasteiger charge is 2.31. The van der Waals surface area contributed by atoms with E-state index < -0.39 is 10.0 Å². The molecule has 0 N–H and O–H groups in total. The molecule has 1 aromatic carbocycles. The molecule has 7 nitrogen and oxygen atoms in total. The topological polar surface area (TPSA) is 72.0 Å². The van der Waals surface area contributed by atoms with Crippen LogP contribution in [0.3, 0.4) is 0 Å². The number of sulfonamides is 1. The Morgan fingerprint density at radius 2 is 1.69 bits per heavy atom. The van der Waals surface area contributed by atoms with Crippen molar-refractivity contribution >= 4 is 10.0 Å². The molecule has 1 aromatic heterocycles. The molecule has 1 fully saturated rings. The van der Waals surface area contributed by atoms with Crippen LogP contribution in [-0.2, 0) is 16.6 Å². The third-order valence-electron chi connectivity index (χ3n) is 4.48. The van der Waals surface area contributed by atoms with Crippen molar-refractivity contribution < 1.29 is 17.9 Å². The number of hydrogen-bond acceptors (Lipinski definition) is 6. The molecule has 1 saturated heterocycles. The van der Waals surface area contributed by atoms with Crippen molar-refractivity contribution in [3.63, 3.8) is 0 Å². The average Bonchev–Trinajstić information content (AvgIpc) is 2.68. The highest BCUT2D eigenvalue weighted by Crippen LogP contribution is 2.31. The maximum absolute atomic E-state index is 13.0. The molecular weight excluding hydrogens is 354 g/mol. The van der Waals surface area contributed by atoms with Gasteiger partial charge < -0.3 is 9.47 Å². The lowest BCUT2D eigenvalue weighted by Crippen LogP contribution is -2.48. The zero-order chi connectivity index (χ0) is 18.6. The summed E-state index contributed by atoms with van der Waals surface area (Å²) in [6.07, 6.45) is 3.54. The van der Waals surface area contributed by atoms with Gasteiger partial charge in [-0.1, -0.05) is 0 Å². The fraction of sp³-hybridized carbons (Fsp3) is 0.389. The average molecular weight is 377 g/mol. The lowest BCUT2D eigenvalue weighted by molar-refractivity contribution is 0.181. The largest absolute Gasteiger partial charge is 0.497 e. The van der Waals surface area contributed by atoms with Gasteiger partial charge in [0.15, 0.2) is 0 Å². The van der Waals surface area contributed by atoms with E-state index in [1.54, 1.807) is 24.5 Å². The van der Waals surface area contributed by atoms with E-state index in [2.05, 4.69) is 9.88 Å². The third kappa shape index (κ3) is 3.98. The van der Waals surface area contributed by atoms with Crippen molar-refractivity contribution in [2.24, 2.45) is 0 Å². The summed E-state index contributed by atoms with van der Waals surface area (Å²) in [5.41, 5.74) is 1.17. The van der Waals surface area contributed by atoms with Crippen molar-refractivity contribution in [3.8, 4) is 11.5 Å². The maximum Gasteiger partial charge on any atom is 0.246 e. The van der Waals surface area contributed by atoms with Crippen LogP contribution in [0, 0.1) is 0 Å². The number of nitrogens with zero attached hydrogens (tertiary/aromatic N) is 3. The van der Waals surface area contributed by atoms with Gasteiger partial charge in [0.05, 0.1) is 14.2 Å². The molecular formula is C18H23N3O4S. The molecule has 2 aromatic rings. The van der Waals surface area contributed by atoms with Crippen LogP contribution in [0.25, 0.3) is 0 Å². The Morgan fingerprint density at radius 3 is 2.31 bits per heavy atom. The van der Waals surface area contributed by atoms with Crippen molar-refractivity contribution in [2.75, 3.05) is 40.4 Å². The van der Waals surface area contributed by atoms with E-state index in [1.807, 2.05) is 12.1 Å². The molecule has 140 valence electrons. The number of ether oxygens (including phenoxy) is 2. The third-order valence-corrected chi connectivity index (χ3v) is 6.41. The van der Waals surface area contributed by atoms with E-state index in [4.69, 9.17) is 9.47 Å². The van der Waals surface area contributed by atoms with Gasteiger partial charge in [0, 0.05) is 51.2 Å². The molecule has 26 heavy (non-hydrogen) atoms. The van der Waals surface area contributed by atoms with Crippen LogP contribution in [0.2, 0.25) is 0 Å². The number of benzene rings is 1. The first-order chi connectivity index (χ1) is 12.5. The molecule has 0 spiro atoms. The Hall–Kier alpha value is -2.16. The van der Waals surface area contributed by atoms with Crippen LogP contribution < -0.4 is 9.47 Å². The van der Waals surface area contributed by atoms with Crippen molar-refractivity contribution in [1.29, 1.82) is 0 Å². The Balaban J connectivity index is 1.70. The molecule has 0 saturated carbocycles. The molecule has 0 bridgehead atoms. The Bertz CT molecular complexity index is 835. The van der Waals surface area contributed by atoms with Crippen LogP contribution in [0.15, 0.2) is 47.6 Å². The molecule has 1 aliphatic rings. The minimum Gasteiger partial charge on any atom is -0.497 e. The fourth-order valence-corrected chi connectivity index (χ4v) is 4.56. The second-order valence-corrected chi connectivity index (χ2v) is 7.96. The van der Waals surface area contributed by atoms with E-state index in [1.165, 1.54) is 30.2 Å². The van der Waals surface area contributed by atoms with Gasteiger partial charge in [-0.15, -0.1) is 0 Å². The van der Waals surface area contributed by atoms with Gasteiger partial charge in [-0.2, -0.15) is 4.31 Å². The number of rotatable bonds is 6. The molecule has 0 unspecified atom stereocenters. The van der Waals surface area contributed by atoms with Gasteiger partial charge >= 0.3 is 0 Å². The monoisotopic (exact) mass is 377 g/mol. The van der Waals surface area contributed by atoms with E-state index in [-0.39, 0.29) is 4.90 Å². The number of pyridine rings is 1. The van der Waals surface area contributed by atoms with Crippen molar-refractivity contribution in [1.82, 2.24) is 14.2 Å². The van der Waals surface area contributed by atoms with Crippen LogP contribution in [0.5, 0.6) is 11.5 Å². The molecule has 0 atom stereocenters. The summed E-state index contributed by atoms with van der Waals surface area (Å²) in [7, 11) is -0.618. The van der Waals surface area contributed by atoms with Crippen LogP contribution >= 0.6 is 0 Å². The standard InChI is InChI=1S/C18H23N3O4S/c1-24-16-3-4-18(17(13-16)25-2)26(22,23)21-11-9-20(10-12-21)14-15-5-7-19-8-6-15/h3-8,13H,9-12,14H2,1-2H3. The Labute approximate surface area is 154 Å². The second-order valence-electron chi connectivity index (χ2n) is 6.05. The minimum absolute atomic E-state index is 0.170. The zero-order valence-corrected chi connectivity index (χ0v) is 15.8. The molecule has 0 amide bonds. The smallest absolute Gasteiger partial charge is 0.246 e. The van der Waals surface area contributed by atoms with E-state index >= 15 is 0 Å². The van der Waals surface area contributed by atoms with Crippen molar-refractivity contribution in [3.05, 3.63) is 48.3 Å². The van der Waals surface area contributed by atoms with Crippen LogP contribution in [0.4, 0.5) is 0 Å². The normalized spacial score (nSPS) is 16.4. The molecule has 2 heterocycles. The fourth-order valence-electron chi connectivity index (χ4n) is 3.00. The van der Waals surface area contributed by atoms with Gasteiger partial charge in [0.25, 0.3) is 0 Å². The predicted molar refractivity (Wildman–Crippen MR) is 97.8 cm³/mol. The first kappa shape index (κ1) is 18.6. The Kier molecular flexibility index (Phi) is 5.75. The summed E-state index contributed by atoms with van der Waals surface area (Å²) >= 11 is 0. The zero-order valence-electron chi connectivity index (χ0n) is 15.0. The summed E-state index contributed by atoms with van der Waals surface area (Å²) < 4.78 is 37.9. The predicted octanol–water partition coefficient (Wildman–Crippen LogP) is 1.61. The first-order valence-electron chi connectivity index (χ1n) is 8.38. The van der Waals surface area contributed by atoms with Gasteiger partial charge in [-0.05, 0) is 29.8 Å². The highest BCUT2D eigenvalue weighted by atomic mass is 32.2. The summed E-state index contributed by atoms with van der Waals surface area (Å²) in [5, 5.41) is 0. The van der Waals surface area contributed by atoms with E-state index in [0.717, 1.165) is 6.54 Å². The SMILES string of the molecule is COc1ccc(S(=O)(=O)N2CCN(Cc3ccncc3)CC2)c(OC)c1. The highest BCUT2D eigenvalue weighted by molar-refractivity contribution is 7.89. The summed E-state index contributed by atoms with van der Waals surface area (Å²) in [6.45, 7) is 3.05. The Morgan fingerprint density at radius 1 is 1.00 bits per heavy atom. The van der Waals surface area contributed by atoms with Crippen molar-refractivity contribution in [2.45, 2.75) is 11.4 Å². The lowest BCUT2D eigenvalue weighted by Gasteiger charge is -2.34. The van der Waals surface area contributed by atoms with Gasteiger partial charge in [-0.25, -0.2) is 8.42 Å².